The van der Waals surface area contributed by atoms with Gasteiger partial charge >= 0.3 is 0 Å². The first-order valence-corrected chi connectivity index (χ1v) is 4.40. The molecule has 0 saturated carbocycles. The quantitative estimate of drug-likeness (QED) is 0.579. The summed E-state index contributed by atoms with van der Waals surface area (Å²) in [6.45, 7) is 9.84. The third kappa shape index (κ3) is 3.67. The third-order valence-corrected chi connectivity index (χ3v) is 1.60. The van der Waals surface area contributed by atoms with Crippen LogP contribution in [0.2, 0.25) is 0 Å². The second-order valence-corrected chi connectivity index (χ2v) is 2.93. The van der Waals surface area contributed by atoms with Crippen LogP contribution in [0.25, 0.3) is 0 Å². The molecule has 0 aromatic rings. The standard InChI is InChI=1S/C10H19NO/c1-6-9(11-5)10(7-2)12-8(3)4/h6,8,10H,1,7H2,2-5H3/b11-9-. The molecule has 0 heterocycles. The lowest BCUT2D eigenvalue weighted by Gasteiger charge is -2.18. The number of nitrogens with zero attached hydrogens (tertiary/aromatic N) is 1. The zero-order valence-corrected chi connectivity index (χ0v) is 8.50. The van der Waals surface area contributed by atoms with Gasteiger partial charge in [-0.3, -0.25) is 4.99 Å². The van der Waals surface area contributed by atoms with E-state index >= 15 is 0 Å². The highest BCUT2D eigenvalue weighted by Crippen LogP contribution is 2.05. The van der Waals surface area contributed by atoms with Gasteiger partial charge in [0.25, 0.3) is 0 Å². The van der Waals surface area contributed by atoms with Crippen LogP contribution in [0.15, 0.2) is 17.6 Å². The van der Waals surface area contributed by atoms with Gasteiger partial charge in [-0.15, -0.1) is 0 Å². The van der Waals surface area contributed by atoms with Crippen LogP contribution in [-0.2, 0) is 4.74 Å². The van der Waals surface area contributed by atoms with E-state index in [-0.39, 0.29) is 12.2 Å². The Hall–Kier alpha value is -0.630. The molecular formula is C10H19NO. The molecule has 70 valence electrons. The van der Waals surface area contributed by atoms with Gasteiger partial charge in [-0.2, -0.15) is 0 Å². The maximum Gasteiger partial charge on any atom is 0.0990 e. The molecule has 0 aliphatic rings. The van der Waals surface area contributed by atoms with Crippen molar-refractivity contribution in [2.75, 3.05) is 7.05 Å². The van der Waals surface area contributed by atoms with Crippen molar-refractivity contribution in [1.29, 1.82) is 0 Å². The fourth-order valence-electron chi connectivity index (χ4n) is 1.07. The summed E-state index contributed by atoms with van der Waals surface area (Å²) in [4.78, 5) is 4.10. The lowest BCUT2D eigenvalue weighted by molar-refractivity contribution is 0.0452. The van der Waals surface area contributed by atoms with E-state index in [1.54, 1.807) is 13.1 Å². The summed E-state index contributed by atoms with van der Waals surface area (Å²) in [5.74, 6) is 0. The molecular weight excluding hydrogens is 150 g/mol. The van der Waals surface area contributed by atoms with Crippen LogP contribution in [0.4, 0.5) is 0 Å². The van der Waals surface area contributed by atoms with Gasteiger partial charge in [-0.25, -0.2) is 0 Å². The van der Waals surface area contributed by atoms with Crippen LogP contribution in [0, 0.1) is 0 Å². The predicted octanol–water partition coefficient (Wildman–Crippen LogP) is 2.45. The van der Waals surface area contributed by atoms with E-state index in [4.69, 9.17) is 4.74 Å². The lowest BCUT2D eigenvalue weighted by atomic mass is 10.1. The van der Waals surface area contributed by atoms with Crippen LogP contribution in [-0.4, -0.2) is 25.0 Å². The van der Waals surface area contributed by atoms with Gasteiger partial charge in [0, 0.05) is 7.05 Å². The van der Waals surface area contributed by atoms with E-state index in [0.29, 0.717) is 0 Å². The highest BCUT2D eigenvalue weighted by atomic mass is 16.5. The molecule has 12 heavy (non-hydrogen) atoms. The summed E-state index contributed by atoms with van der Waals surface area (Å²) in [7, 11) is 1.77. The van der Waals surface area contributed by atoms with E-state index in [1.165, 1.54) is 0 Å². The Bertz CT molecular complexity index is 161. The summed E-state index contributed by atoms with van der Waals surface area (Å²) < 4.78 is 5.64. The predicted molar refractivity (Wildman–Crippen MR) is 53.9 cm³/mol. The minimum atomic E-state index is 0.104. The topological polar surface area (TPSA) is 21.6 Å². The monoisotopic (exact) mass is 169 g/mol. The molecule has 0 aromatic heterocycles. The van der Waals surface area contributed by atoms with E-state index < -0.39 is 0 Å². The van der Waals surface area contributed by atoms with Crippen molar-refractivity contribution in [2.45, 2.75) is 39.4 Å². The SMILES string of the molecule is C=C/C(=N/C)C(CC)OC(C)C. The summed E-state index contributed by atoms with van der Waals surface area (Å²) >= 11 is 0. The largest absolute Gasteiger partial charge is 0.369 e. The zero-order valence-electron chi connectivity index (χ0n) is 8.50. The van der Waals surface area contributed by atoms with Crippen molar-refractivity contribution in [3.05, 3.63) is 12.7 Å². The average Bonchev–Trinajstić information content (AvgIpc) is 2.04. The number of hydrogen-bond acceptors (Lipinski definition) is 2. The number of aliphatic imine (C=N–C) groups is 1. The van der Waals surface area contributed by atoms with Gasteiger partial charge in [0.2, 0.25) is 0 Å². The van der Waals surface area contributed by atoms with Crippen molar-refractivity contribution in [3.8, 4) is 0 Å². The van der Waals surface area contributed by atoms with Gasteiger partial charge < -0.3 is 4.74 Å². The maximum absolute atomic E-state index is 5.64. The van der Waals surface area contributed by atoms with Crippen LogP contribution in [0.5, 0.6) is 0 Å². The normalized spacial score (nSPS) is 14.9. The summed E-state index contributed by atoms with van der Waals surface area (Å²) in [6.07, 6.45) is 3.05. The molecule has 0 aliphatic heterocycles. The molecule has 0 saturated heterocycles. The van der Waals surface area contributed by atoms with Gasteiger partial charge in [0.1, 0.15) is 0 Å². The second kappa shape index (κ2) is 5.95. The Kier molecular flexibility index (Phi) is 5.64. The molecule has 2 nitrogen and oxygen atoms in total. The molecule has 0 aromatic carbocycles. The van der Waals surface area contributed by atoms with Crippen molar-refractivity contribution in [3.63, 3.8) is 0 Å². The molecule has 0 spiro atoms. The Labute approximate surface area is 75.3 Å². The van der Waals surface area contributed by atoms with E-state index in [1.807, 2.05) is 13.8 Å². The number of hydrogen-bond donors (Lipinski definition) is 0. The molecule has 1 unspecified atom stereocenters. The Morgan fingerprint density at radius 3 is 2.42 bits per heavy atom. The average molecular weight is 169 g/mol. The van der Waals surface area contributed by atoms with Gasteiger partial charge in [0.15, 0.2) is 0 Å². The van der Waals surface area contributed by atoms with Gasteiger partial charge in [0.05, 0.1) is 17.9 Å². The van der Waals surface area contributed by atoms with Crippen LogP contribution < -0.4 is 0 Å². The fraction of sp³-hybridized carbons (Fsp3) is 0.700. The molecule has 0 radical (unpaired) electrons. The lowest BCUT2D eigenvalue weighted by Crippen LogP contribution is -2.25. The van der Waals surface area contributed by atoms with Crippen molar-refractivity contribution in [1.82, 2.24) is 0 Å². The minimum absolute atomic E-state index is 0.104. The Morgan fingerprint density at radius 2 is 2.17 bits per heavy atom. The van der Waals surface area contributed by atoms with Crippen LogP contribution >= 0.6 is 0 Å². The maximum atomic E-state index is 5.64. The molecule has 1 atom stereocenters. The third-order valence-electron chi connectivity index (χ3n) is 1.60. The van der Waals surface area contributed by atoms with E-state index in [9.17, 15) is 0 Å². The first kappa shape index (κ1) is 11.4. The molecule has 0 bridgehead atoms. The minimum Gasteiger partial charge on any atom is -0.369 e. The fourth-order valence-corrected chi connectivity index (χ4v) is 1.07. The van der Waals surface area contributed by atoms with Crippen LogP contribution in [0.3, 0.4) is 0 Å². The molecule has 0 fully saturated rings. The van der Waals surface area contributed by atoms with Crippen molar-refractivity contribution < 1.29 is 4.74 Å². The highest BCUT2D eigenvalue weighted by molar-refractivity contribution is 5.98. The summed E-state index contributed by atoms with van der Waals surface area (Å²) in [5, 5.41) is 0. The Morgan fingerprint density at radius 1 is 1.58 bits per heavy atom. The first-order chi connectivity index (χ1) is 5.65. The number of ether oxygens (including phenoxy) is 1. The van der Waals surface area contributed by atoms with E-state index in [2.05, 4.69) is 18.5 Å². The van der Waals surface area contributed by atoms with Gasteiger partial charge in [-0.1, -0.05) is 13.5 Å². The second-order valence-electron chi connectivity index (χ2n) is 2.93. The molecule has 0 amide bonds. The molecule has 0 rings (SSSR count). The summed E-state index contributed by atoms with van der Waals surface area (Å²) in [5.41, 5.74) is 0.936. The van der Waals surface area contributed by atoms with Crippen molar-refractivity contribution in [2.24, 2.45) is 4.99 Å². The molecule has 0 aliphatic carbocycles. The first-order valence-electron chi connectivity index (χ1n) is 4.40. The Balaban J connectivity index is 4.22. The smallest absolute Gasteiger partial charge is 0.0990 e. The highest BCUT2D eigenvalue weighted by Gasteiger charge is 2.12. The van der Waals surface area contributed by atoms with Crippen LogP contribution in [0.1, 0.15) is 27.2 Å². The number of rotatable bonds is 5. The van der Waals surface area contributed by atoms with Gasteiger partial charge in [-0.05, 0) is 26.3 Å². The van der Waals surface area contributed by atoms with Crippen molar-refractivity contribution >= 4 is 5.71 Å². The zero-order chi connectivity index (χ0) is 9.56. The summed E-state index contributed by atoms with van der Waals surface area (Å²) in [6, 6.07) is 0. The molecule has 0 N–H and O–H groups in total. The van der Waals surface area contributed by atoms with E-state index in [0.717, 1.165) is 12.1 Å². The molecule has 2 heteroatoms.